The third kappa shape index (κ3) is 3.75. The Hall–Kier alpha value is -0.630. The van der Waals surface area contributed by atoms with Crippen LogP contribution in [0.3, 0.4) is 0 Å². The zero-order valence-electron chi connectivity index (χ0n) is 10.6. The predicted molar refractivity (Wildman–Crippen MR) is 64.2 cm³/mol. The van der Waals surface area contributed by atoms with Crippen molar-refractivity contribution in [2.24, 2.45) is 0 Å². The lowest BCUT2D eigenvalue weighted by Gasteiger charge is -2.32. The van der Waals surface area contributed by atoms with E-state index < -0.39 is 5.54 Å². The van der Waals surface area contributed by atoms with Crippen LogP contribution in [0.15, 0.2) is 0 Å². The highest BCUT2D eigenvalue weighted by Gasteiger charge is 2.27. The van der Waals surface area contributed by atoms with E-state index >= 15 is 0 Å². The third-order valence-electron chi connectivity index (χ3n) is 3.38. The molecule has 92 valence electrons. The van der Waals surface area contributed by atoms with Crippen LogP contribution in [0.5, 0.6) is 0 Å². The summed E-state index contributed by atoms with van der Waals surface area (Å²) in [6, 6.07) is 2.76. The van der Waals surface area contributed by atoms with E-state index in [1.165, 1.54) is 0 Å². The average molecular weight is 225 g/mol. The van der Waals surface area contributed by atoms with E-state index in [-0.39, 0.29) is 0 Å². The minimum Gasteiger partial charge on any atom is -0.380 e. The van der Waals surface area contributed by atoms with Gasteiger partial charge in [0.25, 0.3) is 0 Å². The van der Waals surface area contributed by atoms with E-state index in [1.54, 1.807) is 0 Å². The molecule has 1 fully saturated rings. The van der Waals surface area contributed by atoms with Gasteiger partial charge >= 0.3 is 0 Å². The monoisotopic (exact) mass is 225 g/mol. The van der Waals surface area contributed by atoms with Gasteiger partial charge in [-0.05, 0) is 33.7 Å². The molecule has 0 aromatic heterocycles. The molecular weight excluding hydrogens is 202 g/mol. The zero-order chi connectivity index (χ0) is 12.0. The van der Waals surface area contributed by atoms with Crippen molar-refractivity contribution in [3.05, 3.63) is 0 Å². The van der Waals surface area contributed by atoms with Gasteiger partial charge < -0.3 is 10.1 Å². The molecule has 1 heterocycles. The van der Waals surface area contributed by atoms with Gasteiger partial charge in [-0.15, -0.1) is 0 Å². The van der Waals surface area contributed by atoms with Crippen LogP contribution in [0.2, 0.25) is 0 Å². The Morgan fingerprint density at radius 2 is 2.25 bits per heavy atom. The Morgan fingerprint density at radius 3 is 2.88 bits per heavy atom. The van der Waals surface area contributed by atoms with Crippen molar-refractivity contribution >= 4 is 0 Å². The number of nitrogens with one attached hydrogen (secondary N) is 1. The number of rotatable bonds is 4. The van der Waals surface area contributed by atoms with Crippen molar-refractivity contribution in [1.29, 1.82) is 5.26 Å². The van der Waals surface area contributed by atoms with Crippen LogP contribution in [-0.2, 0) is 4.74 Å². The summed E-state index contributed by atoms with van der Waals surface area (Å²) in [6.45, 7) is 7.88. The first-order valence-corrected chi connectivity index (χ1v) is 6.03. The smallest absolute Gasteiger partial charge is 0.105 e. The topological polar surface area (TPSA) is 48.3 Å². The number of hydrogen-bond donors (Lipinski definition) is 1. The van der Waals surface area contributed by atoms with Crippen LogP contribution >= 0.6 is 0 Å². The summed E-state index contributed by atoms with van der Waals surface area (Å²) in [5, 5.41) is 12.2. The zero-order valence-corrected chi connectivity index (χ0v) is 10.6. The second-order valence-corrected chi connectivity index (χ2v) is 4.75. The van der Waals surface area contributed by atoms with Crippen LogP contribution in [0, 0.1) is 11.3 Å². The van der Waals surface area contributed by atoms with Gasteiger partial charge in [0.1, 0.15) is 5.54 Å². The molecule has 0 aromatic carbocycles. The maximum absolute atomic E-state index is 9.13. The van der Waals surface area contributed by atoms with Crippen LogP contribution in [-0.4, -0.2) is 49.8 Å². The number of hydrogen-bond acceptors (Lipinski definition) is 4. The van der Waals surface area contributed by atoms with Crippen LogP contribution < -0.4 is 5.32 Å². The molecular formula is C12H23N3O. The molecule has 0 aliphatic carbocycles. The summed E-state index contributed by atoms with van der Waals surface area (Å²) in [5.74, 6) is 0. The first-order valence-electron chi connectivity index (χ1n) is 6.03. The fourth-order valence-electron chi connectivity index (χ4n) is 2.13. The molecule has 1 saturated heterocycles. The van der Waals surface area contributed by atoms with Crippen molar-refractivity contribution in [2.75, 3.05) is 33.4 Å². The van der Waals surface area contributed by atoms with Crippen molar-refractivity contribution in [2.45, 2.75) is 38.3 Å². The molecule has 2 unspecified atom stereocenters. The number of nitriles is 1. The lowest BCUT2D eigenvalue weighted by molar-refractivity contribution is 0.128. The number of nitrogens with zero attached hydrogens (tertiary/aromatic N) is 2. The first-order chi connectivity index (χ1) is 7.61. The maximum Gasteiger partial charge on any atom is 0.105 e. The fourth-order valence-corrected chi connectivity index (χ4v) is 2.13. The molecule has 0 aromatic rings. The van der Waals surface area contributed by atoms with Crippen LogP contribution in [0.25, 0.3) is 0 Å². The Bertz CT molecular complexity index is 243. The molecule has 0 amide bonds. The SMILES string of the molecule is CNC(C)(C#N)CC(C)N1CCCOCC1. The van der Waals surface area contributed by atoms with Gasteiger partial charge in [-0.1, -0.05) is 0 Å². The van der Waals surface area contributed by atoms with E-state index in [9.17, 15) is 0 Å². The summed E-state index contributed by atoms with van der Waals surface area (Å²) < 4.78 is 5.44. The highest BCUT2D eigenvalue weighted by Crippen LogP contribution is 2.16. The molecule has 16 heavy (non-hydrogen) atoms. The molecule has 2 atom stereocenters. The summed E-state index contributed by atoms with van der Waals surface area (Å²) in [5.41, 5.74) is -0.424. The molecule has 0 bridgehead atoms. The molecule has 0 saturated carbocycles. The minimum atomic E-state index is -0.424. The minimum absolute atomic E-state index is 0.416. The summed E-state index contributed by atoms with van der Waals surface area (Å²) >= 11 is 0. The van der Waals surface area contributed by atoms with Gasteiger partial charge in [-0.25, -0.2) is 0 Å². The molecule has 4 heteroatoms. The lowest BCUT2D eigenvalue weighted by Crippen LogP contribution is -2.46. The van der Waals surface area contributed by atoms with Gasteiger partial charge in [-0.2, -0.15) is 5.26 Å². The highest BCUT2D eigenvalue weighted by molar-refractivity contribution is 5.04. The molecule has 1 rings (SSSR count). The first kappa shape index (κ1) is 13.4. The third-order valence-corrected chi connectivity index (χ3v) is 3.38. The molecule has 0 spiro atoms. The fraction of sp³-hybridized carbons (Fsp3) is 0.917. The van der Waals surface area contributed by atoms with E-state index in [0.717, 1.165) is 39.1 Å². The quantitative estimate of drug-likeness (QED) is 0.775. The van der Waals surface area contributed by atoms with Gasteiger partial charge in [0, 0.05) is 25.7 Å². The standard InChI is InChI=1S/C12H23N3O/c1-11(9-12(2,10-13)14-3)15-5-4-7-16-8-6-15/h11,14H,4-9H2,1-3H3. The van der Waals surface area contributed by atoms with Gasteiger partial charge in [0.05, 0.1) is 12.7 Å². The van der Waals surface area contributed by atoms with E-state index in [0.29, 0.717) is 6.04 Å². The Balaban J connectivity index is 2.50. The van der Waals surface area contributed by atoms with E-state index in [2.05, 4.69) is 23.2 Å². The molecule has 0 radical (unpaired) electrons. The second kappa shape index (κ2) is 6.19. The van der Waals surface area contributed by atoms with Crippen LogP contribution in [0.4, 0.5) is 0 Å². The van der Waals surface area contributed by atoms with E-state index in [4.69, 9.17) is 10.00 Å². The highest BCUT2D eigenvalue weighted by atomic mass is 16.5. The molecule has 4 nitrogen and oxygen atoms in total. The summed E-state index contributed by atoms with van der Waals surface area (Å²) in [7, 11) is 1.85. The maximum atomic E-state index is 9.13. The van der Waals surface area contributed by atoms with Crippen molar-refractivity contribution in [3.8, 4) is 6.07 Å². The normalized spacial score (nSPS) is 24.1. The van der Waals surface area contributed by atoms with Gasteiger partial charge in [0.15, 0.2) is 0 Å². The molecule has 1 aliphatic heterocycles. The van der Waals surface area contributed by atoms with Crippen molar-refractivity contribution in [1.82, 2.24) is 10.2 Å². The molecule has 1 aliphatic rings. The van der Waals surface area contributed by atoms with Crippen molar-refractivity contribution < 1.29 is 4.74 Å². The van der Waals surface area contributed by atoms with Gasteiger partial charge in [-0.3, -0.25) is 4.90 Å². The average Bonchev–Trinajstić information content (AvgIpc) is 2.57. The van der Waals surface area contributed by atoms with Crippen molar-refractivity contribution in [3.63, 3.8) is 0 Å². The van der Waals surface area contributed by atoms with Gasteiger partial charge in [0.2, 0.25) is 0 Å². The number of ether oxygens (including phenoxy) is 1. The second-order valence-electron chi connectivity index (χ2n) is 4.75. The molecule has 1 N–H and O–H groups in total. The largest absolute Gasteiger partial charge is 0.380 e. The Kier molecular flexibility index (Phi) is 5.20. The summed E-state index contributed by atoms with van der Waals surface area (Å²) in [4.78, 5) is 2.42. The Labute approximate surface area is 98.6 Å². The summed E-state index contributed by atoms with van der Waals surface area (Å²) in [6.07, 6.45) is 1.94. The van der Waals surface area contributed by atoms with E-state index in [1.807, 2.05) is 14.0 Å². The lowest BCUT2D eigenvalue weighted by atomic mass is 9.94. The van der Waals surface area contributed by atoms with Crippen LogP contribution in [0.1, 0.15) is 26.7 Å². The Morgan fingerprint density at radius 1 is 1.50 bits per heavy atom. The predicted octanol–water partition coefficient (Wildman–Crippen LogP) is 0.989.